The topological polar surface area (TPSA) is 29.9 Å². The minimum absolute atomic E-state index is 0.806. The van der Waals surface area contributed by atoms with Crippen molar-refractivity contribution in [2.75, 3.05) is 7.05 Å². The van der Waals surface area contributed by atoms with Gasteiger partial charge in [-0.15, -0.1) is 0 Å². The second-order valence-electron chi connectivity index (χ2n) is 3.80. The van der Waals surface area contributed by atoms with Crippen LogP contribution in [0, 0.1) is 0 Å². The van der Waals surface area contributed by atoms with Gasteiger partial charge in [-0.1, -0.05) is 19.1 Å². The second-order valence-corrected chi connectivity index (χ2v) is 3.80. The highest BCUT2D eigenvalue weighted by Gasteiger charge is 2.00. The van der Waals surface area contributed by atoms with E-state index < -0.39 is 0 Å². The van der Waals surface area contributed by atoms with E-state index in [0.29, 0.717) is 0 Å². The molecule has 0 saturated carbocycles. The maximum atomic E-state index is 4.48. The first-order chi connectivity index (χ1) is 7.83. The minimum atomic E-state index is 0.806. The van der Waals surface area contributed by atoms with E-state index in [1.165, 1.54) is 5.56 Å². The van der Waals surface area contributed by atoms with Gasteiger partial charge >= 0.3 is 0 Å². The second kappa shape index (κ2) is 4.94. The number of rotatable bonds is 4. The van der Waals surface area contributed by atoms with Crippen LogP contribution in [-0.4, -0.2) is 16.8 Å². The van der Waals surface area contributed by atoms with Gasteiger partial charge in [-0.05, 0) is 37.2 Å². The summed E-state index contributed by atoms with van der Waals surface area (Å²) in [5.41, 5.74) is 3.52. The smallest absolute Gasteiger partial charge is 0.0766 e. The van der Waals surface area contributed by atoms with Crippen LogP contribution in [-0.2, 0) is 13.0 Å². The summed E-state index contributed by atoms with van der Waals surface area (Å²) in [6.07, 6.45) is 3.07. The maximum Gasteiger partial charge on any atom is 0.0766 e. The molecule has 0 aliphatic rings. The Morgan fingerprint density at radius 2 is 1.94 bits per heavy atom. The first-order valence-corrected chi connectivity index (χ1v) is 5.62. The largest absolute Gasteiger partial charge is 0.314 e. The molecule has 84 valence electrons. The molecule has 1 aromatic heterocycles. The van der Waals surface area contributed by atoms with Crippen LogP contribution in [0.5, 0.6) is 0 Å². The lowest BCUT2D eigenvalue weighted by Crippen LogP contribution is -2.06. The molecule has 0 saturated heterocycles. The van der Waals surface area contributed by atoms with Crippen molar-refractivity contribution in [1.29, 1.82) is 0 Å². The van der Waals surface area contributed by atoms with Crippen molar-refractivity contribution < 1.29 is 0 Å². The summed E-state index contributed by atoms with van der Waals surface area (Å²) in [4.78, 5) is 0. The zero-order valence-corrected chi connectivity index (χ0v) is 9.77. The Morgan fingerprint density at radius 3 is 2.56 bits per heavy atom. The fourth-order valence-corrected chi connectivity index (χ4v) is 1.67. The molecule has 0 radical (unpaired) electrons. The average Bonchev–Trinajstić information content (AvgIpc) is 2.78. The Labute approximate surface area is 96.1 Å². The summed E-state index contributed by atoms with van der Waals surface area (Å²) in [5.74, 6) is 0. The van der Waals surface area contributed by atoms with E-state index >= 15 is 0 Å². The van der Waals surface area contributed by atoms with Crippen molar-refractivity contribution in [3.8, 4) is 5.69 Å². The molecule has 1 heterocycles. The molecule has 0 aliphatic heterocycles. The van der Waals surface area contributed by atoms with Gasteiger partial charge in [0, 0.05) is 12.7 Å². The zero-order valence-electron chi connectivity index (χ0n) is 9.77. The van der Waals surface area contributed by atoms with Crippen LogP contribution < -0.4 is 5.32 Å². The summed E-state index contributed by atoms with van der Waals surface area (Å²) in [6.45, 7) is 2.97. The van der Waals surface area contributed by atoms with E-state index in [1.807, 2.05) is 24.0 Å². The maximum absolute atomic E-state index is 4.48. The third-order valence-corrected chi connectivity index (χ3v) is 2.61. The molecule has 1 N–H and O–H groups in total. The van der Waals surface area contributed by atoms with E-state index in [9.17, 15) is 0 Å². The van der Waals surface area contributed by atoms with Gasteiger partial charge in [0.25, 0.3) is 0 Å². The number of aryl methyl sites for hydroxylation is 1. The van der Waals surface area contributed by atoms with Gasteiger partial charge in [-0.25, -0.2) is 4.68 Å². The van der Waals surface area contributed by atoms with Gasteiger partial charge in [-0.2, -0.15) is 5.10 Å². The Morgan fingerprint density at radius 1 is 1.19 bits per heavy atom. The van der Waals surface area contributed by atoms with Crippen molar-refractivity contribution in [1.82, 2.24) is 15.1 Å². The molecule has 3 heteroatoms. The molecule has 0 unspecified atom stereocenters. The van der Waals surface area contributed by atoms with Crippen LogP contribution in [0.15, 0.2) is 36.5 Å². The molecule has 2 rings (SSSR count). The first kappa shape index (κ1) is 10.9. The van der Waals surface area contributed by atoms with Gasteiger partial charge in [0.15, 0.2) is 0 Å². The number of nitrogens with zero attached hydrogens (tertiary/aromatic N) is 2. The highest BCUT2D eigenvalue weighted by Crippen LogP contribution is 2.10. The monoisotopic (exact) mass is 215 g/mol. The van der Waals surface area contributed by atoms with Crippen molar-refractivity contribution in [2.24, 2.45) is 0 Å². The van der Waals surface area contributed by atoms with Gasteiger partial charge in [-0.3, -0.25) is 0 Å². The van der Waals surface area contributed by atoms with E-state index in [1.54, 1.807) is 0 Å². The predicted octanol–water partition coefficient (Wildman–Crippen LogP) is 2.15. The minimum Gasteiger partial charge on any atom is -0.314 e. The molecule has 0 amide bonds. The van der Waals surface area contributed by atoms with E-state index in [2.05, 4.69) is 41.6 Å². The Kier molecular flexibility index (Phi) is 3.37. The fourth-order valence-electron chi connectivity index (χ4n) is 1.67. The van der Waals surface area contributed by atoms with Crippen LogP contribution >= 0.6 is 0 Å². The summed E-state index contributed by atoms with van der Waals surface area (Å²) in [7, 11) is 1.93. The van der Waals surface area contributed by atoms with E-state index in [4.69, 9.17) is 0 Å². The van der Waals surface area contributed by atoms with Crippen molar-refractivity contribution >= 4 is 0 Å². The van der Waals surface area contributed by atoms with Gasteiger partial charge in [0.1, 0.15) is 0 Å². The quantitative estimate of drug-likeness (QED) is 0.847. The number of nitrogens with one attached hydrogen (secondary N) is 1. The first-order valence-electron chi connectivity index (χ1n) is 5.62. The normalized spacial score (nSPS) is 10.6. The Hall–Kier alpha value is -1.61. The molecule has 2 aromatic rings. The lowest BCUT2D eigenvalue weighted by molar-refractivity contribution is 0.757. The van der Waals surface area contributed by atoms with Crippen molar-refractivity contribution in [3.63, 3.8) is 0 Å². The average molecular weight is 215 g/mol. The SMILES string of the molecule is CCc1ccc(-n2ccc(CNC)n2)cc1. The van der Waals surface area contributed by atoms with Gasteiger partial charge < -0.3 is 5.32 Å². The fraction of sp³-hybridized carbons (Fsp3) is 0.308. The summed E-state index contributed by atoms with van der Waals surface area (Å²) >= 11 is 0. The number of aromatic nitrogens is 2. The van der Waals surface area contributed by atoms with Gasteiger partial charge in [0.2, 0.25) is 0 Å². The summed E-state index contributed by atoms with van der Waals surface area (Å²) in [5, 5.41) is 7.57. The summed E-state index contributed by atoms with van der Waals surface area (Å²) in [6, 6.07) is 10.5. The number of hydrogen-bond donors (Lipinski definition) is 1. The van der Waals surface area contributed by atoms with Crippen molar-refractivity contribution in [2.45, 2.75) is 19.9 Å². The number of benzene rings is 1. The Balaban J connectivity index is 2.21. The molecule has 1 aromatic carbocycles. The van der Waals surface area contributed by atoms with Crippen molar-refractivity contribution in [3.05, 3.63) is 47.8 Å². The summed E-state index contributed by atoms with van der Waals surface area (Å²) < 4.78 is 1.91. The van der Waals surface area contributed by atoms with Crippen LogP contribution in [0.3, 0.4) is 0 Å². The highest BCUT2D eigenvalue weighted by molar-refractivity contribution is 5.34. The third-order valence-electron chi connectivity index (χ3n) is 2.61. The predicted molar refractivity (Wildman–Crippen MR) is 65.7 cm³/mol. The number of hydrogen-bond acceptors (Lipinski definition) is 2. The molecule has 0 spiro atoms. The van der Waals surface area contributed by atoms with Gasteiger partial charge in [0.05, 0.1) is 11.4 Å². The van der Waals surface area contributed by atoms with Crippen LogP contribution in [0.25, 0.3) is 5.69 Å². The van der Waals surface area contributed by atoms with Crippen LogP contribution in [0.1, 0.15) is 18.2 Å². The van der Waals surface area contributed by atoms with E-state index in [0.717, 1.165) is 24.3 Å². The molecular formula is C13H17N3. The molecule has 0 aliphatic carbocycles. The lowest BCUT2D eigenvalue weighted by atomic mass is 10.1. The standard InChI is InChI=1S/C13H17N3/c1-3-11-4-6-13(7-5-11)16-9-8-12(15-16)10-14-2/h4-9,14H,3,10H2,1-2H3. The highest BCUT2D eigenvalue weighted by atomic mass is 15.3. The Bertz CT molecular complexity index is 442. The van der Waals surface area contributed by atoms with E-state index in [-0.39, 0.29) is 0 Å². The molecule has 3 nitrogen and oxygen atoms in total. The lowest BCUT2D eigenvalue weighted by Gasteiger charge is -2.02. The molecule has 16 heavy (non-hydrogen) atoms. The third kappa shape index (κ3) is 2.31. The molecule has 0 bridgehead atoms. The molecule has 0 fully saturated rings. The molecule has 0 atom stereocenters. The molecular weight excluding hydrogens is 198 g/mol. The zero-order chi connectivity index (χ0) is 11.4. The van der Waals surface area contributed by atoms with Crippen LogP contribution in [0.4, 0.5) is 0 Å². The van der Waals surface area contributed by atoms with Crippen LogP contribution in [0.2, 0.25) is 0 Å².